The zero-order valence-corrected chi connectivity index (χ0v) is 6.42. The molecule has 1 rings (SSSR count). The molecule has 0 aliphatic rings. The maximum Gasteiger partial charge on any atom is 0.0907 e. The highest BCUT2D eigenvalue weighted by atomic mass is 79.9. The SMILES string of the molecule is C#Cc1sccc1Br. The summed E-state index contributed by atoms with van der Waals surface area (Å²) in [5.41, 5.74) is 0. The Morgan fingerprint density at radius 1 is 1.75 bits per heavy atom. The third kappa shape index (κ3) is 0.936. The van der Waals surface area contributed by atoms with E-state index < -0.39 is 0 Å². The highest BCUT2D eigenvalue weighted by molar-refractivity contribution is 9.10. The van der Waals surface area contributed by atoms with Gasteiger partial charge < -0.3 is 0 Å². The molecule has 0 spiro atoms. The lowest BCUT2D eigenvalue weighted by molar-refractivity contribution is 1.83. The van der Waals surface area contributed by atoms with Crippen molar-refractivity contribution in [2.75, 3.05) is 0 Å². The first-order valence-corrected chi connectivity index (χ1v) is 3.71. The summed E-state index contributed by atoms with van der Waals surface area (Å²) in [5, 5.41) is 1.96. The molecule has 0 aliphatic carbocycles. The minimum absolute atomic E-state index is 0.963. The van der Waals surface area contributed by atoms with E-state index in [4.69, 9.17) is 6.42 Å². The van der Waals surface area contributed by atoms with Gasteiger partial charge in [0, 0.05) is 4.47 Å². The predicted octanol–water partition coefficient (Wildman–Crippen LogP) is 2.49. The van der Waals surface area contributed by atoms with E-state index in [1.807, 2.05) is 11.4 Å². The number of thiophene rings is 1. The van der Waals surface area contributed by atoms with Crippen LogP contribution >= 0.6 is 27.3 Å². The van der Waals surface area contributed by atoms with E-state index in [0.29, 0.717) is 0 Å². The molecule has 8 heavy (non-hydrogen) atoms. The van der Waals surface area contributed by atoms with Crippen molar-refractivity contribution in [3.05, 3.63) is 20.8 Å². The smallest absolute Gasteiger partial charge is 0.0907 e. The Bertz CT molecular complexity index is 219. The summed E-state index contributed by atoms with van der Waals surface area (Å²) >= 11 is 4.86. The molecule has 1 heterocycles. The van der Waals surface area contributed by atoms with E-state index in [1.165, 1.54) is 0 Å². The van der Waals surface area contributed by atoms with Gasteiger partial charge >= 0.3 is 0 Å². The molecule has 0 aromatic carbocycles. The van der Waals surface area contributed by atoms with Crippen LogP contribution in [0, 0.1) is 12.3 Å². The number of halogens is 1. The first kappa shape index (κ1) is 5.87. The molecule has 0 N–H and O–H groups in total. The summed E-state index contributed by atoms with van der Waals surface area (Å²) in [7, 11) is 0. The Balaban J connectivity index is 3.15. The normalized spacial score (nSPS) is 8.50. The third-order valence-corrected chi connectivity index (χ3v) is 2.52. The van der Waals surface area contributed by atoms with Gasteiger partial charge in [-0.05, 0) is 27.4 Å². The van der Waals surface area contributed by atoms with E-state index >= 15 is 0 Å². The molecule has 0 saturated carbocycles. The molecule has 0 aliphatic heterocycles. The van der Waals surface area contributed by atoms with Crippen LogP contribution in [0.4, 0.5) is 0 Å². The van der Waals surface area contributed by atoms with Crippen molar-refractivity contribution in [3.63, 3.8) is 0 Å². The summed E-state index contributed by atoms with van der Waals surface area (Å²) in [6.07, 6.45) is 5.13. The largest absolute Gasteiger partial charge is 0.134 e. The van der Waals surface area contributed by atoms with Crippen molar-refractivity contribution < 1.29 is 0 Å². The zero-order chi connectivity index (χ0) is 5.98. The minimum atomic E-state index is 0.963. The van der Waals surface area contributed by atoms with Crippen LogP contribution in [0.15, 0.2) is 15.9 Å². The molecule has 0 bridgehead atoms. The fraction of sp³-hybridized carbons (Fsp3) is 0. The molecule has 0 radical (unpaired) electrons. The molecule has 0 atom stereocenters. The lowest BCUT2D eigenvalue weighted by Crippen LogP contribution is -1.58. The average molecular weight is 187 g/mol. The van der Waals surface area contributed by atoms with Crippen LogP contribution in [0.3, 0.4) is 0 Å². The van der Waals surface area contributed by atoms with Crippen molar-refractivity contribution in [1.29, 1.82) is 0 Å². The highest BCUT2D eigenvalue weighted by Gasteiger charge is 1.92. The number of terminal acetylenes is 1. The molecule has 1 aromatic heterocycles. The van der Waals surface area contributed by atoms with Crippen LogP contribution < -0.4 is 0 Å². The van der Waals surface area contributed by atoms with Crippen LogP contribution in [0.25, 0.3) is 0 Å². The van der Waals surface area contributed by atoms with E-state index in [2.05, 4.69) is 21.9 Å². The predicted molar refractivity (Wildman–Crippen MR) is 40.0 cm³/mol. The van der Waals surface area contributed by atoms with Crippen molar-refractivity contribution in [3.8, 4) is 12.3 Å². The van der Waals surface area contributed by atoms with Gasteiger partial charge in [-0.25, -0.2) is 0 Å². The second-order valence-corrected chi connectivity index (χ2v) is 3.01. The topological polar surface area (TPSA) is 0 Å². The van der Waals surface area contributed by atoms with Gasteiger partial charge in [0.15, 0.2) is 0 Å². The molecule has 0 unspecified atom stereocenters. The Morgan fingerprint density at radius 2 is 2.50 bits per heavy atom. The van der Waals surface area contributed by atoms with E-state index in [9.17, 15) is 0 Å². The Morgan fingerprint density at radius 3 is 2.75 bits per heavy atom. The van der Waals surface area contributed by atoms with Gasteiger partial charge in [0.25, 0.3) is 0 Å². The van der Waals surface area contributed by atoms with Crippen molar-refractivity contribution in [2.45, 2.75) is 0 Å². The van der Waals surface area contributed by atoms with Crippen LogP contribution in [0.5, 0.6) is 0 Å². The summed E-state index contributed by atoms with van der Waals surface area (Å²) in [4.78, 5) is 0.963. The molecule has 0 amide bonds. The Kier molecular flexibility index (Phi) is 1.72. The Labute approximate surface area is 60.7 Å². The van der Waals surface area contributed by atoms with Gasteiger partial charge in [-0.1, -0.05) is 5.92 Å². The van der Waals surface area contributed by atoms with Gasteiger partial charge in [0.2, 0.25) is 0 Å². The molecule has 0 nitrogen and oxygen atoms in total. The molecule has 1 aromatic rings. The number of hydrogen-bond acceptors (Lipinski definition) is 1. The van der Waals surface area contributed by atoms with Crippen molar-refractivity contribution in [2.24, 2.45) is 0 Å². The molecule has 0 saturated heterocycles. The standard InChI is InChI=1S/C6H3BrS/c1-2-6-5(7)3-4-8-6/h1,3-4H. The van der Waals surface area contributed by atoms with Crippen LogP contribution in [-0.2, 0) is 0 Å². The highest BCUT2D eigenvalue weighted by Crippen LogP contribution is 2.20. The molecular formula is C6H3BrS. The fourth-order valence-corrected chi connectivity index (χ4v) is 1.69. The lowest BCUT2D eigenvalue weighted by atomic mass is 10.5. The minimum Gasteiger partial charge on any atom is -0.134 e. The quantitative estimate of drug-likeness (QED) is 0.547. The molecular weight excluding hydrogens is 184 g/mol. The summed E-state index contributed by atoms with van der Waals surface area (Å²) in [6, 6.07) is 1.94. The second-order valence-electron chi connectivity index (χ2n) is 1.24. The van der Waals surface area contributed by atoms with Crippen LogP contribution in [0.1, 0.15) is 4.88 Å². The van der Waals surface area contributed by atoms with E-state index in [1.54, 1.807) is 11.3 Å². The van der Waals surface area contributed by atoms with Crippen molar-refractivity contribution >= 4 is 27.3 Å². The van der Waals surface area contributed by atoms with Gasteiger partial charge in [0.05, 0.1) is 4.88 Å². The third-order valence-electron chi connectivity index (χ3n) is 0.748. The number of hydrogen-bond donors (Lipinski definition) is 0. The van der Waals surface area contributed by atoms with Gasteiger partial charge in [-0.2, -0.15) is 0 Å². The fourth-order valence-electron chi connectivity index (χ4n) is 0.397. The maximum atomic E-state index is 5.13. The Hall–Kier alpha value is -0.260. The van der Waals surface area contributed by atoms with E-state index in [0.717, 1.165) is 9.35 Å². The van der Waals surface area contributed by atoms with Crippen LogP contribution in [0.2, 0.25) is 0 Å². The van der Waals surface area contributed by atoms with Crippen molar-refractivity contribution in [1.82, 2.24) is 0 Å². The average Bonchev–Trinajstić information content (AvgIpc) is 2.14. The monoisotopic (exact) mass is 186 g/mol. The summed E-state index contributed by atoms with van der Waals surface area (Å²) in [5.74, 6) is 2.55. The second kappa shape index (κ2) is 2.34. The van der Waals surface area contributed by atoms with Crippen LogP contribution in [-0.4, -0.2) is 0 Å². The first-order chi connectivity index (χ1) is 3.84. The molecule has 2 heteroatoms. The van der Waals surface area contributed by atoms with Gasteiger partial charge in [-0.3, -0.25) is 0 Å². The summed E-state index contributed by atoms with van der Waals surface area (Å²) in [6.45, 7) is 0. The van der Waals surface area contributed by atoms with Gasteiger partial charge in [0.1, 0.15) is 0 Å². The first-order valence-electron chi connectivity index (χ1n) is 2.04. The van der Waals surface area contributed by atoms with E-state index in [-0.39, 0.29) is 0 Å². The maximum absolute atomic E-state index is 5.13. The number of rotatable bonds is 0. The molecule has 0 fully saturated rings. The van der Waals surface area contributed by atoms with Gasteiger partial charge in [-0.15, -0.1) is 17.8 Å². The molecule has 40 valence electrons. The summed E-state index contributed by atoms with van der Waals surface area (Å²) < 4.78 is 1.02. The lowest BCUT2D eigenvalue weighted by Gasteiger charge is -1.77. The zero-order valence-electron chi connectivity index (χ0n) is 4.02.